The highest BCUT2D eigenvalue weighted by Gasteiger charge is 2.05. The number of H-pyrrole nitrogens is 2. The van der Waals surface area contributed by atoms with Gasteiger partial charge in [-0.3, -0.25) is 4.90 Å². The minimum absolute atomic E-state index is 0.206. The van der Waals surface area contributed by atoms with E-state index in [0.717, 1.165) is 19.6 Å². The maximum atomic E-state index is 8.84. The summed E-state index contributed by atoms with van der Waals surface area (Å²) in [4.78, 5) is 11.0. The van der Waals surface area contributed by atoms with Gasteiger partial charge in [0.1, 0.15) is 0 Å². The van der Waals surface area contributed by atoms with Gasteiger partial charge in [-0.25, -0.2) is 0 Å². The molecule has 0 aliphatic heterocycles. The van der Waals surface area contributed by atoms with Crippen LogP contribution in [0.15, 0.2) is 60.9 Å². The van der Waals surface area contributed by atoms with Crippen LogP contribution in [-0.4, -0.2) is 58.7 Å². The number of aliphatic hydroxyl groups is 1. The van der Waals surface area contributed by atoms with Crippen LogP contribution in [0.1, 0.15) is 24.5 Å². The third-order valence-electron chi connectivity index (χ3n) is 5.31. The van der Waals surface area contributed by atoms with E-state index in [1.54, 1.807) is 0 Å². The van der Waals surface area contributed by atoms with Crippen LogP contribution in [0.25, 0.3) is 21.8 Å². The number of nitrogens with one attached hydrogen (secondary N) is 2. The van der Waals surface area contributed by atoms with E-state index in [9.17, 15) is 0 Å². The lowest BCUT2D eigenvalue weighted by Crippen LogP contribution is -2.21. The molecule has 4 rings (SSSR count). The fourth-order valence-electron chi connectivity index (χ4n) is 3.86. The number of aromatic nitrogens is 2. The van der Waals surface area contributed by atoms with Crippen molar-refractivity contribution >= 4 is 21.8 Å². The number of aromatic amines is 2. The molecule has 0 spiro atoms. The van der Waals surface area contributed by atoms with E-state index in [-0.39, 0.29) is 6.61 Å². The van der Waals surface area contributed by atoms with E-state index in [1.807, 2.05) is 19.4 Å². The van der Waals surface area contributed by atoms with Gasteiger partial charge in [0.2, 0.25) is 0 Å². The third-order valence-corrected chi connectivity index (χ3v) is 5.31. The van der Waals surface area contributed by atoms with Gasteiger partial charge in [0.15, 0.2) is 0 Å². The number of likely N-dealkylation sites (N-methyl/N-ethyl adjacent to an activating group) is 1. The highest BCUT2D eigenvalue weighted by molar-refractivity contribution is 5.83. The normalized spacial score (nSPS) is 11.4. The molecule has 0 saturated heterocycles. The Hall–Kier alpha value is -2.60. The molecule has 0 radical (unpaired) electrons. The monoisotopic (exact) mass is 406 g/mol. The molecule has 5 nitrogen and oxygen atoms in total. The summed E-state index contributed by atoms with van der Waals surface area (Å²) in [6.45, 7) is 6.15. The van der Waals surface area contributed by atoms with Crippen LogP contribution < -0.4 is 0 Å². The molecule has 160 valence electrons. The summed E-state index contributed by atoms with van der Waals surface area (Å²) < 4.78 is 0. The minimum Gasteiger partial charge on any atom is -0.395 e. The van der Waals surface area contributed by atoms with Crippen LogP contribution in [0.2, 0.25) is 0 Å². The van der Waals surface area contributed by atoms with Gasteiger partial charge in [-0.15, -0.1) is 0 Å². The molecule has 5 heteroatoms. The van der Waals surface area contributed by atoms with Crippen LogP contribution in [0.4, 0.5) is 0 Å². The van der Waals surface area contributed by atoms with Crippen molar-refractivity contribution in [3.8, 4) is 0 Å². The second kappa shape index (κ2) is 11.0. The number of rotatable bonds is 8. The first kappa shape index (κ1) is 22.1. The van der Waals surface area contributed by atoms with E-state index in [0.29, 0.717) is 6.54 Å². The van der Waals surface area contributed by atoms with Crippen LogP contribution in [0.5, 0.6) is 0 Å². The summed E-state index contributed by atoms with van der Waals surface area (Å²) in [5, 5.41) is 11.4. The van der Waals surface area contributed by atoms with Gasteiger partial charge < -0.3 is 20.0 Å². The summed E-state index contributed by atoms with van der Waals surface area (Å²) >= 11 is 0. The quantitative estimate of drug-likeness (QED) is 0.401. The van der Waals surface area contributed by atoms with Crippen molar-refractivity contribution in [2.75, 3.05) is 33.8 Å². The Morgan fingerprint density at radius 3 is 1.70 bits per heavy atom. The standard InChI is InChI=1S/C13H18N2.C12H16N2O/c1-3-9-15(2)10-12-6-4-5-11-7-8-14-13(11)12;1-14(7-8-15)9-11-4-2-3-10-5-6-13-12(10)11/h4-8,14H,3,9-10H2,1-2H3;2-6,13,15H,7-9H2,1H3. The molecule has 2 heterocycles. The average molecular weight is 407 g/mol. The highest BCUT2D eigenvalue weighted by atomic mass is 16.3. The predicted octanol–water partition coefficient (Wildman–Crippen LogP) is 4.60. The molecule has 0 atom stereocenters. The molecule has 0 amide bonds. The van der Waals surface area contributed by atoms with Crippen molar-refractivity contribution in [3.63, 3.8) is 0 Å². The number of hydrogen-bond acceptors (Lipinski definition) is 3. The van der Waals surface area contributed by atoms with Gasteiger partial charge in [-0.2, -0.15) is 0 Å². The Morgan fingerprint density at radius 2 is 1.23 bits per heavy atom. The molecule has 0 bridgehead atoms. The lowest BCUT2D eigenvalue weighted by molar-refractivity contribution is 0.217. The molecular formula is C25H34N4O. The molecule has 30 heavy (non-hydrogen) atoms. The van der Waals surface area contributed by atoms with Crippen LogP contribution in [0.3, 0.4) is 0 Å². The number of nitrogens with zero attached hydrogens (tertiary/aromatic N) is 2. The van der Waals surface area contributed by atoms with Crippen molar-refractivity contribution in [2.45, 2.75) is 26.4 Å². The number of para-hydroxylation sites is 2. The first-order chi connectivity index (χ1) is 14.6. The molecule has 2 aromatic carbocycles. The van der Waals surface area contributed by atoms with Gasteiger partial charge >= 0.3 is 0 Å². The van der Waals surface area contributed by atoms with Gasteiger partial charge in [0.25, 0.3) is 0 Å². The molecule has 0 aliphatic rings. The number of hydrogen-bond donors (Lipinski definition) is 3. The predicted molar refractivity (Wildman–Crippen MR) is 127 cm³/mol. The Labute approximate surface area is 179 Å². The molecule has 0 aliphatic carbocycles. The first-order valence-electron chi connectivity index (χ1n) is 10.7. The largest absolute Gasteiger partial charge is 0.395 e. The molecular weight excluding hydrogens is 372 g/mol. The fourth-order valence-corrected chi connectivity index (χ4v) is 3.86. The van der Waals surface area contributed by atoms with Gasteiger partial charge in [0.05, 0.1) is 6.61 Å². The topological polar surface area (TPSA) is 58.3 Å². The van der Waals surface area contributed by atoms with Crippen LogP contribution in [0, 0.1) is 0 Å². The third kappa shape index (κ3) is 5.72. The first-order valence-corrected chi connectivity index (χ1v) is 10.7. The molecule has 2 aromatic heterocycles. The maximum absolute atomic E-state index is 8.84. The second-order valence-corrected chi connectivity index (χ2v) is 7.92. The second-order valence-electron chi connectivity index (χ2n) is 7.92. The Bertz CT molecular complexity index is 952. The summed E-state index contributed by atoms with van der Waals surface area (Å²) in [6.07, 6.45) is 5.17. The van der Waals surface area contributed by atoms with Crippen molar-refractivity contribution in [1.29, 1.82) is 0 Å². The zero-order valence-corrected chi connectivity index (χ0v) is 18.4. The smallest absolute Gasteiger partial charge is 0.0558 e. The van der Waals surface area contributed by atoms with E-state index < -0.39 is 0 Å². The molecule has 0 fully saturated rings. The Balaban J connectivity index is 0.000000171. The van der Waals surface area contributed by atoms with E-state index >= 15 is 0 Å². The van der Waals surface area contributed by atoms with Gasteiger partial charge in [0, 0.05) is 43.1 Å². The lowest BCUT2D eigenvalue weighted by Gasteiger charge is -2.15. The lowest BCUT2D eigenvalue weighted by atomic mass is 10.1. The highest BCUT2D eigenvalue weighted by Crippen LogP contribution is 2.19. The number of aliphatic hydroxyl groups excluding tert-OH is 1. The average Bonchev–Trinajstić information content (AvgIpc) is 3.39. The Kier molecular flexibility index (Phi) is 8.08. The number of fused-ring (bicyclic) bond motifs is 2. The molecule has 0 unspecified atom stereocenters. The summed E-state index contributed by atoms with van der Waals surface area (Å²) in [7, 11) is 4.18. The zero-order chi connectivity index (χ0) is 21.3. The van der Waals surface area contributed by atoms with Crippen molar-refractivity contribution in [3.05, 3.63) is 72.1 Å². The van der Waals surface area contributed by atoms with Crippen LogP contribution in [-0.2, 0) is 13.1 Å². The minimum atomic E-state index is 0.206. The maximum Gasteiger partial charge on any atom is 0.0558 e. The fraction of sp³-hybridized carbons (Fsp3) is 0.360. The summed E-state index contributed by atoms with van der Waals surface area (Å²) in [5.74, 6) is 0. The molecule has 4 aromatic rings. The van der Waals surface area contributed by atoms with E-state index in [1.165, 1.54) is 39.4 Å². The van der Waals surface area contributed by atoms with Crippen molar-refractivity contribution < 1.29 is 5.11 Å². The Morgan fingerprint density at radius 1 is 0.733 bits per heavy atom. The zero-order valence-electron chi connectivity index (χ0n) is 18.4. The summed E-state index contributed by atoms with van der Waals surface area (Å²) in [5.41, 5.74) is 5.13. The number of benzene rings is 2. The van der Waals surface area contributed by atoms with Gasteiger partial charge in [-0.1, -0.05) is 43.3 Å². The summed E-state index contributed by atoms with van der Waals surface area (Å²) in [6, 6.07) is 17.0. The van der Waals surface area contributed by atoms with E-state index in [4.69, 9.17) is 5.11 Å². The van der Waals surface area contributed by atoms with E-state index in [2.05, 4.69) is 82.3 Å². The molecule has 0 saturated carbocycles. The van der Waals surface area contributed by atoms with Gasteiger partial charge in [-0.05, 0) is 61.1 Å². The molecule has 3 N–H and O–H groups in total. The van der Waals surface area contributed by atoms with Crippen LogP contribution >= 0.6 is 0 Å². The van der Waals surface area contributed by atoms with Crippen molar-refractivity contribution in [2.24, 2.45) is 0 Å². The van der Waals surface area contributed by atoms with Crippen molar-refractivity contribution in [1.82, 2.24) is 19.8 Å². The SMILES string of the molecule is CCCN(C)Cc1cccc2cc[nH]c12.CN(CCO)Cc1cccc2cc[nH]c12.